The fourth-order valence-electron chi connectivity index (χ4n) is 1.94. The highest BCUT2D eigenvalue weighted by molar-refractivity contribution is 5.83. The van der Waals surface area contributed by atoms with Gasteiger partial charge in [-0.3, -0.25) is 0 Å². The molecule has 0 spiro atoms. The number of benzene rings is 1. The van der Waals surface area contributed by atoms with Gasteiger partial charge in [-0.15, -0.1) is 0 Å². The summed E-state index contributed by atoms with van der Waals surface area (Å²) in [5.74, 6) is 0.323. The molecule has 3 nitrogen and oxygen atoms in total. The molecule has 0 bridgehead atoms. The molecular weight excluding hydrogens is 190 g/mol. The van der Waals surface area contributed by atoms with Crippen molar-refractivity contribution in [2.24, 2.45) is 0 Å². The highest BCUT2D eigenvalue weighted by atomic mass is 16.3. The van der Waals surface area contributed by atoms with Gasteiger partial charge in [0.2, 0.25) is 0 Å². The molecule has 0 unspecified atom stereocenters. The van der Waals surface area contributed by atoms with Crippen molar-refractivity contribution in [2.75, 3.05) is 6.61 Å². The molecule has 2 N–H and O–H groups in total. The summed E-state index contributed by atoms with van der Waals surface area (Å²) in [4.78, 5) is 0. The van der Waals surface area contributed by atoms with Crippen molar-refractivity contribution in [3.8, 4) is 5.75 Å². The van der Waals surface area contributed by atoms with Gasteiger partial charge >= 0.3 is 0 Å². The van der Waals surface area contributed by atoms with E-state index < -0.39 is 0 Å². The fourth-order valence-corrected chi connectivity index (χ4v) is 1.94. The number of aliphatic hydroxyl groups excluding tert-OH is 1. The molecule has 0 aliphatic carbocycles. The first-order valence-corrected chi connectivity index (χ1v) is 5.04. The molecule has 0 saturated carbocycles. The molecule has 2 aromatic rings. The van der Waals surface area contributed by atoms with E-state index in [0.717, 1.165) is 22.2 Å². The van der Waals surface area contributed by atoms with Crippen molar-refractivity contribution in [2.45, 2.75) is 20.4 Å². The Balaban J connectivity index is 2.70. The van der Waals surface area contributed by atoms with Gasteiger partial charge in [-0.25, -0.2) is 0 Å². The number of aryl methyl sites for hydroxylation is 2. The maximum Gasteiger partial charge on any atom is 0.119 e. The summed E-state index contributed by atoms with van der Waals surface area (Å²) in [7, 11) is 0. The van der Waals surface area contributed by atoms with Crippen molar-refractivity contribution in [1.29, 1.82) is 0 Å². The predicted molar refractivity (Wildman–Crippen MR) is 60.2 cm³/mol. The summed E-state index contributed by atoms with van der Waals surface area (Å²) < 4.78 is 2.06. The molecule has 1 aromatic carbocycles. The molecule has 0 aliphatic rings. The van der Waals surface area contributed by atoms with Gasteiger partial charge in [-0.05, 0) is 37.6 Å². The van der Waals surface area contributed by atoms with Crippen molar-refractivity contribution in [1.82, 2.24) is 4.57 Å². The van der Waals surface area contributed by atoms with Crippen LogP contribution < -0.4 is 0 Å². The minimum atomic E-state index is 0.130. The standard InChI is InChI=1S/C12H15NO2/c1-8-5-11-10(7-12(8)15)6-9(2)13(11)3-4-14/h5-7,14-15H,3-4H2,1-2H3. The third-order valence-corrected chi connectivity index (χ3v) is 2.75. The van der Waals surface area contributed by atoms with Gasteiger partial charge in [0, 0.05) is 23.1 Å². The number of phenols is 1. The van der Waals surface area contributed by atoms with Crippen LogP contribution in [0.4, 0.5) is 0 Å². The minimum absolute atomic E-state index is 0.130. The lowest BCUT2D eigenvalue weighted by atomic mass is 10.1. The highest BCUT2D eigenvalue weighted by Gasteiger charge is 2.07. The smallest absolute Gasteiger partial charge is 0.119 e. The molecule has 1 heterocycles. The van der Waals surface area contributed by atoms with Crippen LogP contribution in [-0.4, -0.2) is 21.4 Å². The molecule has 0 amide bonds. The lowest BCUT2D eigenvalue weighted by molar-refractivity contribution is 0.277. The van der Waals surface area contributed by atoms with E-state index >= 15 is 0 Å². The molecule has 3 heteroatoms. The van der Waals surface area contributed by atoms with E-state index in [2.05, 4.69) is 4.57 Å². The molecule has 80 valence electrons. The summed E-state index contributed by atoms with van der Waals surface area (Å²) in [5.41, 5.74) is 3.03. The first-order valence-electron chi connectivity index (χ1n) is 5.04. The van der Waals surface area contributed by atoms with Crippen LogP contribution in [0.2, 0.25) is 0 Å². The lowest BCUT2D eigenvalue weighted by Crippen LogP contribution is -2.03. The second kappa shape index (κ2) is 3.59. The zero-order chi connectivity index (χ0) is 11.0. The first kappa shape index (κ1) is 10.1. The Bertz CT molecular complexity index is 500. The normalized spacial score (nSPS) is 11.1. The zero-order valence-corrected chi connectivity index (χ0v) is 8.99. The Morgan fingerprint density at radius 1 is 1.20 bits per heavy atom. The van der Waals surface area contributed by atoms with E-state index in [-0.39, 0.29) is 6.61 Å². The summed E-state index contributed by atoms with van der Waals surface area (Å²) in [6, 6.07) is 5.74. The number of rotatable bonds is 2. The Morgan fingerprint density at radius 2 is 1.93 bits per heavy atom. The van der Waals surface area contributed by atoms with E-state index in [1.165, 1.54) is 0 Å². The summed E-state index contributed by atoms with van der Waals surface area (Å²) in [6.45, 7) is 4.60. The van der Waals surface area contributed by atoms with Crippen LogP contribution in [0.3, 0.4) is 0 Å². The molecule has 0 aliphatic heterocycles. The molecule has 0 fully saturated rings. The first-order chi connectivity index (χ1) is 7.13. The highest BCUT2D eigenvalue weighted by Crippen LogP contribution is 2.26. The monoisotopic (exact) mass is 205 g/mol. The number of aliphatic hydroxyl groups is 1. The van der Waals surface area contributed by atoms with Crippen molar-refractivity contribution in [3.05, 3.63) is 29.5 Å². The minimum Gasteiger partial charge on any atom is -0.508 e. The van der Waals surface area contributed by atoms with Crippen molar-refractivity contribution >= 4 is 10.9 Å². The average Bonchev–Trinajstić information content (AvgIpc) is 2.46. The van der Waals surface area contributed by atoms with Gasteiger partial charge < -0.3 is 14.8 Å². The van der Waals surface area contributed by atoms with Crippen LogP contribution in [0.25, 0.3) is 10.9 Å². The van der Waals surface area contributed by atoms with Gasteiger partial charge in [0.25, 0.3) is 0 Å². The van der Waals surface area contributed by atoms with Gasteiger partial charge in [0.1, 0.15) is 5.75 Å². The number of hydrogen-bond acceptors (Lipinski definition) is 2. The number of nitrogens with zero attached hydrogens (tertiary/aromatic N) is 1. The van der Waals surface area contributed by atoms with Crippen LogP contribution in [-0.2, 0) is 6.54 Å². The van der Waals surface area contributed by atoms with Gasteiger partial charge in [0.05, 0.1) is 6.61 Å². The second-order valence-electron chi connectivity index (χ2n) is 3.86. The molecule has 0 atom stereocenters. The van der Waals surface area contributed by atoms with E-state index in [4.69, 9.17) is 5.11 Å². The van der Waals surface area contributed by atoms with Crippen LogP contribution >= 0.6 is 0 Å². The summed E-state index contributed by atoms with van der Waals surface area (Å²) in [5, 5.41) is 19.6. The quantitative estimate of drug-likeness (QED) is 0.787. The largest absolute Gasteiger partial charge is 0.508 e. The summed E-state index contributed by atoms with van der Waals surface area (Å²) in [6.07, 6.45) is 0. The van der Waals surface area contributed by atoms with Crippen molar-refractivity contribution in [3.63, 3.8) is 0 Å². The zero-order valence-electron chi connectivity index (χ0n) is 8.99. The number of fused-ring (bicyclic) bond motifs is 1. The van der Waals surface area contributed by atoms with Gasteiger partial charge in [-0.2, -0.15) is 0 Å². The molecule has 15 heavy (non-hydrogen) atoms. The Morgan fingerprint density at radius 3 is 2.60 bits per heavy atom. The Kier molecular flexibility index (Phi) is 2.40. The Hall–Kier alpha value is -1.48. The molecule has 0 radical (unpaired) electrons. The number of hydrogen-bond donors (Lipinski definition) is 2. The molecular formula is C12H15NO2. The topological polar surface area (TPSA) is 45.4 Å². The van der Waals surface area contributed by atoms with Crippen LogP contribution in [0.1, 0.15) is 11.3 Å². The SMILES string of the molecule is Cc1cc2c(cc1O)cc(C)n2CCO. The van der Waals surface area contributed by atoms with Crippen molar-refractivity contribution < 1.29 is 10.2 Å². The predicted octanol–water partition coefficient (Wildman–Crippen LogP) is 1.96. The van der Waals surface area contributed by atoms with Gasteiger partial charge in [0.15, 0.2) is 0 Å². The van der Waals surface area contributed by atoms with Gasteiger partial charge in [-0.1, -0.05) is 0 Å². The molecule has 2 rings (SSSR count). The molecule has 0 saturated heterocycles. The Labute approximate surface area is 88.6 Å². The van der Waals surface area contributed by atoms with Crippen LogP contribution in [0.15, 0.2) is 18.2 Å². The lowest BCUT2D eigenvalue weighted by Gasteiger charge is -2.06. The second-order valence-corrected chi connectivity index (χ2v) is 3.86. The number of phenolic OH excluding ortho intramolecular Hbond substituents is 1. The average molecular weight is 205 g/mol. The number of aromatic hydroxyl groups is 1. The summed E-state index contributed by atoms with van der Waals surface area (Å²) >= 11 is 0. The van der Waals surface area contributed by atoms with E-state index in [1.807, 2.05) is 26.0 Å². The van der Waals surface area contributed by atoms with E-state index in [9.17, 15) is 5.11 Å². The van der Waals surface area contributed by atoms with E-state index in [1.54, 1.807) is 6.07 Å². The molecule has 1 aromatic heterocycles. The fraction of sp³-hybridized carbons (Fsp3) is 0.333. The maximum atomic E-state index is 9.59. The van der Waals surface area contributed by atoms with Crippen LogP contribution in [0, 0.1) is 13.8 Å². The van der Waals surface area contributed by atoms with E-state index in [0.29, 0.717) is 12.3 Å². The number of aromatic nitrogens is 1. The third kappa shape index (κ3) is 1.59. The third-order valence-electron chi connectivity index (χ3n) is 2.75. The van der Waals surface area contributed by atoms with Crippen LogP contribution in [0.5, 0.6) is 5.75 Å². The maximum absolute atomic E-state index is 9.59.